The van der Waals surface area contributed by atoms with Gasteiger partial charge in [-0.15, -0.1) is 5.10 Å². The van der Waals surface area contributed by atoms with E-state index in [2.05, 4.69) is 36.9 Å². The summed E-state index contributed by atoms with van der Waals surface area (Å²) in [6.07, 6.45) is 2.36. The molecular weight excluding hydrogens is 753 g/mol. The van der Waals surface area contributed by atoms with Gasteiger partial charge in [0.25, 0.3) is 0 Å². The molecule has 5 N–H and O–H groups in total. The van der Waals surface area contributed by atoms with E-state index in [0.29, 0.717) is 24.5 Å². The number of amides is 5. The lowest BCUT2D eigenvalue weighted by molar-refractivity contribution is -0.142. The van der Waals surface area contributed by atoms with Crippen LogP contribution in [0.4, 0.5) is 0 Å². The summed E-state index contributed by atoms with van der Waals surface area (Å²) >= 11 is 0. The van der Waals surface area contributed by atoms with E-state index in [9.17, 15) is 24.0 Å². The maximum absolute atomic E-state index is 14.7. The summed E-state index contributed by atoms with van der Waals surface area (Å²) in [6, 6.07) is 20.6. The summed E-state index contributed by atoms with van der Waals surface area (Å²) in [6.45, 7) is 2.85. The third kappa shape index (κ3) is 11.5. The molecule has 4 aromatic rings. The maximum Gasteiger partial charge on any atom is 0.246 e. The van der Waals surface area contributed by atoms with Gasteiger partial charge in [0.05, 0.1) is 18.3 Å². The van der Waals surface area contributed by atoms with Crippen LogP contribution in [0.2, 0.25) is 0 Å². The standard InChI is InChI=1S/C43H54N10O6/c1-28(44-2)39(54)48-37(23-30-13-9-6-10-14-30)43(58)52-26-33-24-38(52)42(57)47-36(21-29-11-7-5-8-12-29)41(56)46-35(40(55)45-19-20-51(3)4)22-31-15-17-34(18-16-31)59-27-32-25-53(33)50-49-32/h5-18,25,28,33,35-38,44H,19-24,26-27H2,1-4H3,(H,45,55)(H,46,56)(H,47,57)(H,48,54)/t28-,33-,35-,36-,37-,38-/m0/s1. The number of likely N-dealkylation sites (N-methyl/N-ethyl adjacent to an activating group) is 2. The van der Waals surface area contributed by atoms with Crippen molar-refractivity contribution in [1.82, 2.24) is 51.4 Å². The first kappa shape index (κ1) is 42.5. The second-order valence-electron chi connectivity index (χ2n) is 15.4. The zero-order valence-corrected chi connectivity index (χ0v) is 34.0. The molecule has 16 nitrogen and oxygen atoms in total. The lowest BCUT2D eigenvalue weighted by atomic mass is 10.0. The van der Waals surface area contributed by atoms with E-state index in [4.69, 9.17) is 4.74 Å². The molecule has 3 aromatic carbocycles. The van der Waals surface area contributed by atoms with Crippen molar-refractivity contribution in [2.45, 2.75) is 75.5 Å². The number of rotatable bonds is 12. The van der Waals surface area contributed by atoms with Crippen molar-refractivity contribution in [2.75, 3.05) is 40.8 Å². The van der Waals surface area contributed by atoms with Crippen molar-refractivity contribution in [3.8, 4) is 5.75 Å². The maximum atomic E-state index is 14.7. The number of carbonyl (C=O) groups excluding carboxylic acids is 5. The highest BCUT2D eigenvalue weighted by molar-refractivity contribution is 5.96. The summed E-state index contributed by atoms with van der Waals surface area (Å²) in [5.74, 6) is -1.74. The third-order valence-corrected chi connectivity index (χ3v) is 10.7. The minimum Gasteiger partial charge on any atom is -0.487 e. The van der Waals surface area contributed by atoms with E-state index < -0.39 is 54.0 Å². The Kier molecular flexibility index (Phi) is 14.4. The van der Waals surface area contributed by atoms with Crippen LogP contribution < -0.4 is 31.3 Å². The highest BCUT2D eigenvalue weighted by Gasteiger charge is 2.44. The lowest BCUT2D eigenvalue weighted by Gasteiger charge is -2.30. The van der Waals surface area contributed by atoms with E-state index in [1.807, 2.05) is 91.8 Å². The third-order valence-electron chi connectivity index (χ3n) is 10.7. The molecule has 16 heteroatoms. The van der Waals surface area contributed by atoms with Gasteiger partial charge in [0.15, 0.2) is 0 Å². The molecule has 5 amide bonds. The molecule has 0 saturated carbocycles. The summed E-state index contributed by atoms with van der Waals surface area (Å²) in [5.41, 5.74) is 2.93. The number of likely N-dealkylation sites (tertiary alicyclic amines) is 1. The van der Waals surface area contributed by atoms with Crippen LogP contribution in [0, 0.1) is 0 Å². The summed E-state index contributed by atoms with van der Waals surface area (Å²) in [5, 5.41) is 23.4. The van der Waals surface area contributed by atoms with Crippen LogP contribution >= 0.6 is 0 Å². The summed E-state index contributed by atoms with van der Waals surface area (Å²) < 4.78 is 7.65. The van der Waals surface area contributed by atoms with Crippen LogP contribution in [0.15, 0.2) is 91.1 Å². The Hall–Kier alpha value is -6.13. The van der Waals surface area contributed by atoms with Crippen LogP contribution in [0.5, 0.6) is 5.75 Å². The van der Waals surface area contributed by atoms with Crippen LogP contribution in [0.25, 0.3) is 0 Å². The fourth-order valence-corrected chi connectivity index (χ4v) is 7.18. The van der Waals surface area contributed by atoms with Gasteiger partial charge in [-0.25, -0.2) is 4.68 Å². The van der Waals surface area contributed by atoms with Crippen LogP contribution in [-0.4, -0.2) is 125 Å². The van der Waals surface area contributed by atoms with Crippen molar-refractivity contribution in [3.63, 3.8) is 0 Å². The van der Waals surface area contributed by atoms with Crippen LogP contribution in [-0.2, 0) is 49.8 Å². The molecule has 6 bridgehead atoms. The molecule has 0 spiro atoms. The minimum absolute atomic E-state index is 0.0789. The highest BCUT2D eigenvalue weighted by Crippen LogP contribution is 2.29. The molecule has 59 heavy (non-hydrogen) atoms. The van der Waals surface area contributed by atoms with Gasteiger partial charge in [-0.05, 0) is 56.9 Å². The van der Waals surface area contributed by atoms with E-state index >= 15 is 0 Å². The molecule has 312 valence electrons. The summed E-state index contributed by atoms with van der Waals surface area (Å²) in [4.78, 5) is 74.2. The summed E-state index contributed by atoms with van der Waals surface area (Å²) in [7, 11) is 5.46. The van der Waals surface area contributed by atoms with Crippen molar-refractivity contribution >= 4 is 29.5 Å². The van der Waals surface area contributed by atoms with E-state index in [1.54, 1.807) is 37.0 Å². The number of hydrogen-bond acceptors (Lipinski definition) is 10. The highest BCUT2D eigenvalue weighted by atomic mass is 16.5. The molecule has 1 aromatic heterocycles. The number of fused-ring (bicyclic) bond motifs is 9. The first-order chi connectivity index (χ1) is 28.5. The average Bonchev–Trinajstić information content (AvgIpc) is 3.90. The van der Waals surface area contributed by atoms with Crippen molar-refractivity contribution in [1.29, 1.82) is 0 Å². The Labute approximate surface area is 344 Å². The van der Waals surface area contributed by atoms with Crippen molar-refractivity contribution in [2.24, 2.45) is 0 Å². The van der Waals surface area contributed by atoms with Crippen molar-refractivity contribution < 1.29 is 28.7 Å². The first-order valence-corrected chi connectivity index (χ1v) is 20.0. The molecule has 3 aliphatic heterocycles. The Bertz CT molecular complexity index is 2040. The number of ether oxygens (including phenoxy) is 1. The number of nitrogens with one attached hydrogen (secondary N) is 5. The van der Waals surface area contributed by atoms with Gasteiger partial charge in [0.1, 0.15) is 42.2 Å². The second-order valence-corrected chi connectivity index (χ2v) is 15.4. The largest absolute Gasteiger partial charge is 0.487 e. The fourth-order valence-electron chi connectivity index (χ4n) is 7.18. The zero-order valence-electron chi connectivity index (χ0n) is 34.0. The van der Waals surface area contributed by atoms with Crippen molar-refractivity contribution in [3.05, 3.63) is 114 Å². The molecule has 1 fully saturated rings. The molecule has 0 unspecified atom stereocenters. The molecule has 3 aliphatic rings. The lowest BCUT2D eigenvalue weighted by Crippen LogP contribution is -2.59. The van der Waals surface area contributed by atoms with Crippen LogP contribution in [0.3, 0.4) is 0 Å². The monoisotopic (exact) mass is 806 g/mol. The van der Waals surface area contributed by atoms with E-state index in [0.717, 1.165) is 16.7 Å². The van der Waals surface area contributed by atoms with Gasteiger partial charge in [-0.1, -0.05) is 78.0 Å². The van der Waals surface area contributed by atoms with Gasteiger partial charge < -0.3 is 41.1 Å². The number of benzene rings is 3. The molecule has 0 aliphatic carbocycles. The van der Waals surface area contributed by atoms with Gasteiger partial charge in [-0.3, -0.25) is 24.0 Å². The van der Waals surface area contributed by atoms with E-state index in [1.165, 1.54) is 4.90 Å². The topological polar surface area (TPSA) is 192 Å². The van der Waals surface area contributed by atoms with Gasteiger partial charge in [-0.2, -0.15) is 0 Å². The average molecular weight is 807 g/mol. The first-order valence-electron chi connectivity index (χ1n) is 20.0. The Morgan fingerprint density at radius 2 is 1.63 bits per heavy atom. The van der Waals surface area contributed by atoms with Gasteiger partial charge in [0, 0.05) is 45.3 Å². The number of nitrogens with zero attached hydrogens (tertiary/aromatic N) is 5. The van der Waals surface area contributed by atoms with Gasteiger partial charge in [0.2, 0.25) is 29.5 Å². The predicted octanol–water partition coefficient (Wildman–Crippen LogP) is 0.781. The molecule has 7 rings (SSSR count). The quantitative estimate of drug-likeness (QED) is 0.137. The minimum atomic E-state index is -1.12. The van der Waals surface area contributed by atoms with Gasteiger partial charge >= 0.3 is 0 Å². The molecular formula is C43H54N10O6. The molecule has 6 atom stereocenters. The molecule has 4 heterocycles. The number of hydrogen-bond donors (Lipinski definition) is 5. The van der Waals surface area contributed by atoms with Crippen LogP contribution in [0.1, 0.15) is 41.8 Å². The van der Waals surface area contributed by atoms with E-state index in [-0.39, 0.29) is 50.6 Å². The second kappa shape index (κ2) is 20.0. The Balaban J connectivity index is 1.36. The normalized spacial score (nSPS) is 20.6. The zero-order chi connectivity index (χ0) is 41.9. The molecule has 1 saturated heterocycles. The molecule has 0 radical (unpaired) electrons. The Morgan fingerprint density at radius 1 is 0.932 bits per heavy atom. The Morgan fingerprint density at radius 3 is 2.31 bits per heavy atom. The number of carbonyl (C=O) groups is 5. The smallest absolute Gasteiger partial charge is 0.246 e. The predicted molar refractivity (Wildman–Crippen MR) is 220 cm³/mol. The SMILES string of the molecule is CN[C@@H](C)C(=O)N[C@@H](Cc1ccccc1)C(=O)N1C[C@@H]2C[C@H]1C(=O)N[C@@H](Cc1ccccc1)C(=O)N[C@H](C(=O)NCCN(C)C)Cc1ccc(cc1)OCc1cn2nn1. The number of aromatic nitrogens is 3. The fraction of sp³-hybridized carbons (Fsp3) is 0.419.